The molecule has 1 N–H and O–H groups in total. The minimum atomic E-state index is -0.604. The lowest BCUT2D eigenvalue weighted by Crippen LogP contribution is -2.03. The van der Waals surface area contributed by atoms with Crippen molar-refractivity contribution < 1.29 is 19.3 Å². The van der Waals surface area contributed by atoms with E-state index in [1.54, 1.807) is 21.3 Å². The second kappa shape index (κ2) is 7.71. The van der Waals surface area contributed by atoms with E-state index in [0.29, 0.717) is 17.9 Å². The molecule has 0 fully saturated rings. The van der Waals surface area contributed by atoms with Crippen LogP contribution in [0.4, 0.5) is 0 Å². The minimum Gasteiger partial charge on any atom is -0.497 e. The van der Waals surface area contributed by atoms with Gasteiger partial charge in [-0.1, -0.05) is 24.3 Å². The molecule has 4 nitrogen and oxygen atoms in total. The lowest BCUT2D eigenvalue weighted by molar-refractivity contribution is 0.162. The Bertz CT molecular complexity index is 593. The van der Waals surface area contributed by atoms with Gasteiger partial charge in [0.1, 0.15) is 5.75 Å². The van der Waals surface area contributed by atoms with Gasteiger partial charge in [0.05, 0.1) is 27.4 Å². The van der Waals surface area contributed by atoms with Gasteiger partial charge in [-0.2, -0.15) is 0 Å². The first-order chi connectivity index (χ1) is 10.7. The molecule has 118 valence electrons. The van der Waals surface area contributed by atoms with Gasteiger partial charge in [0.15, 0.2) is 11.5 Å². The Kier molecular flexibility index (Phi) is 5.67. The van der Waals surface area contributed by atoms with Gasteiger partial charge < -0.3 is 19.3 Å². The number of rotatable bonds is 7. The number of aryl methyl sites for hydroxylation is 1. The van der Waals surface area contributed by atoms with Crippen LogP contribution in [0, 0.1) is 0 Å². The van der Waals surface area contributed by atoms with Crippen molar-refractivity contribution in [3.63, 3.8) is 0 Å². The average Bonchev–Trinajstić information content (AvgIpc) is 2.59. The van der Waals surface area contributed by atoms with E-state index in [-0.39, 0.29) is 0 Å². The van der Waals surface area contributed by atoms with Crippen LogP contribution >= 0.6 is 0 Å². The third-order valence-corrected chi connectivity index (χ3v) is 3.66. The van der Waals surface area contributed by atoms with Crippen LogP contribution < -0.4 is 14.2 Å². The lowest BCUT2D eigenvalue weighted by atomic mass is 10.00. The molecule has 0 aliphatic carbocycles. The highest BCUT2D eigenvalue weighted by Gasteiger charge is 2.16. The molecule has 0 aliphatic rings. The highest BCUT2D eigenvalue weighted by molar-refractivity contribution is 5.47. The molecule has 4 heteroatoms. The van der Waals surface area contributed by atoms with Crippen molar-refractivity contribution in [3.05, 3.63) is 53.6 Å². The van der Waals surface area contributed by atoms with Crippen molar-refractivity contribution in [2.75, 3.05) is 21.3 Å². The molecule has 0 bridgehead atoms. The Hall–Kier alpha value is -2.20. The fraction of sp³-hybridized carbons (Fsp3) is 0.333. The van der Waals surface area contributed by atoms with E-state index < -0.39 is 6.10 Å². The van der Waals surface area contributed by atoms with Crippen LogP contribution in [-0.2, 0) is 6.42 Å². The zero-order valence-electron chi connectivity index (χ0n) is 13.2. The van der Waals surface area contributed by atoms with Gasteiger partial charge in [0.2, 0.25) is 0 Å². The summed E-state index contributed by atoms with van der Waals surface area (Å²) < 4.78 is 15.8. The van der Waals surface area contributed by atoms with Gasteiger partial charge >= 0.3 is 0 Å². The SMILES string of the molecule is COc1ccc(CCC(O)c2cccc(OC)c2OC)cc1. The van der Waals surface area contributed by atoms with Crippen LogP contribution in [0.2, 0.25) is 0 Å². The van der Waals surface area contributed by atoms with E-state index in [2.05, 4.69) is 0 Å². The Labute approximate surface area is 131 Å². The first-order valence-corrected chi connectivity index (χ1v) is 7.21. The van der Waals surface area contributed by atoms with Crippen molar-refractivity contribution in [2.24, 2.45) is 0 Å². The van der Waals surface area contributed by atoms with Crippen LogP contribution in [0.5, 0.6) is 17.2 Å². The molecule has 2 rings (SSSR count). The van der Waals surface area contributed by atoms with Gasteiger partial charge in [-0.3, -0.25) is 0 Å². The third kappa shape index (κ3) is 3.71. The molecule has 0 aromatic heterocycles. The highest BCUT2D eigenvalue weighted by Crippen LogP contribution is 2.36. The van der Waals surface area contributed by atoms with E-state index in [1.165, 1.54) is 0 Å². The van der Waals surface area contributed by atoms with Crippen molar-refractivity contribution in [1.82, 2.24) is 0 Å². The van der Waals surface area contributed by atoms with Crippen LogP contribution in [0.3, 0.4) is 0 Å². The third-order valence-electron chi connectivity index (χ3n) is 3.66. The molecule has 22 heavy (non-hydrogen) atoms. The smallest absolute Gasteiger partial charge is 0.166 e. The van der Waals surface area contributed by atoms with E-state index in [9.17, 15) is 5.11 Å². The van der Waals surface area contributed by atoms with Crippen molar-refractivity contribution in [3.8, 4) is 17.2 Å². The maximum absolute atomic E-state index is 10.5. The van der Waals surface area contributed by atoms with Crippen molar-refractivity contribution in [2.45, 2.75) is 18.9 Å². The molecule has 0 spiro atoms. The molecule has 0 saturated carbocycles. The zero-order chi connectivity index (χ0) is 15.9. The molecular formula is C18H22O4. The highest BCUT2D eigenvalue weighted by atomic mass is 16.5. The summed E-state index contributed by atoms with van der Waals surface area (Å²) in [7, 11) is 4.82. The van der Waals surface area contributed by atoms with Gasteiger partial charge in [0, 0.05) is 5.56 Å². The molecule has 0 saturated heterocycles. The lowest BCUT2D eigenvalue weighted by Gasteiger charge is -2.17. The van der Waals surface area contributed by atoms with Gasteiger partial charge in [-0.05, 0) is 36.6 Å². The maximum atomic E-state index is 10.5. The summed E-state index contributed by atoms with van der Waals surface area (Å²) in [4.78, 5) is 0. The molecule has 0 heterocycles. The molecule has 2 aromatic carbocycles. The standard InChI is InChI=1S/C18H22O4/c1-20-14-10-7-13(8-11-14)9-12-16(19)15-5-4-6-17(21-2)18(15)22-3/h4-8,10-11,16,19H,9,12H2,1-3H3. The summed E-state index contributed by atoms with van der Waals surface area (Å²) in [6.07, 6.45) is 0.772. The second-order valence-corrected chi connectivity index (χ2v) is 4.99. The van der Waals surface area contributed by atoms with Crippen LogP contribution in [0.1, 0.15) is 23.7 Å². The molecule has 1 atom stereocenters. The molecular weight excluding hydrogens is 280 g/mol. The van der Waals surface area contributed by atoms with E-state index in [4.69, 9.17) is 14.2 Å². The summed E-state index contributed by atoms with van der Waals surface area (Å²) >= 11 is 0. The number of para-hydroxylation sites is 1. The zero-order valence-corrected chi connectivity index (χ0v) is 13.2. The van der Waals surface area contributed by atoms with Crippen molar-refractivity contribution in [1.29, 1.82) is 0 Å². The number of benzene rings is 2. The predicted molar refractivity (Wildman–Crippen MR) is 85.8 cm³/mol. The van der Waals surface area contributed by atoms with Gasteiger partial charge in [-0.15, -0.1) is 0 Å². The van der Waals surface area contributed by atoms with Crippen LogP contribution in [0.25, 0.3) is 0 Å². The predicted octanol–water partition coefficient (Wildman–Crippen LogP) is 3.38. The number of hydrogen-bond acceptors (Lipinski definition) is 4. The fourth-order valence-electron chi connectivity index (χ4n) is 2.43. The van der Waals surface area contributed by atoms with E-state index >= 15 is 0 Å². The Morgan fingerprint density at radius 1 is 0.909 bits per heavy atom. The second-order valence-electron chi connectivity index (χ2n) is 4.99. The Balaban J connectivity index is 2.07. The summed E-state index contributed by atoms with van der Waals surface area (Å²) in [5.41, 5.74) is 1.90. The van der Waals surface area contributed by atoms with Gasteiger partial charge in [0.25, 0.3) is 0 Å². The number of methoxy groups -OCH3 is 3. The summed E-state index contributed by atoms with van der Waals surface area (Å²) in [5.74, 6) is 2.05. The topological polar surface area (TPSA) is 47.9 Å². The monoisotopic (exact) mass is 302 g/mol. The first kappa shape index (κ1) is 16.2. The van der Waals surface area contributed by atoms with Crippen molar-refractivity contribution >= 4 is 0 Å². The molecule has 0 amide bonds. The van der Waals surface area contributed by atoms with Crippen LogP contribution in [0.15, 0.2) is 42.5 Å². The molecule has 2 aromatic rings. The fourth-order valence-corrected chi connectivity index (χ4v) is 2.43. The quantitative estimate of drug-likeness (QED) is 0.852. The minimum absolute atomic E-state index is 0.590. The largest absolute Gasteiger partial charge is 0.497 e. The maximum Gasteiger partial charge on any atom is 0.166 e. The average molecular weight is 302 g/mol. The molecule has 1 unspecified atom stereocenters. The first-order valence-electron chi connectivity index (χ1n) is 7.21. The van der Waals surface area contributed by atoms with Gasteiger partial charge in [-0.25, -0.2) is 0 Å². The number of ether oxygens (including phenoxy) is 3. The van der Waals surface area contributed by atoms with E-state index in [0.717, 1.165) is 23.3 Å². The summed E-state index contributed by atoms with van der Waals surface area (Å²) in [5, 5.41) is 10.5. The van der Waals surface area contributed by atoms with E-state index in [1.807, 2.05) is 42.5 Å². The normalized spacial score (nSPS) is 11.8. The number of hydrogen-bond donors (Lipinski definition) is 1. The molecule has 0 radical (unpaired) electrons. The van der Waals surface area contributed by atoms with Crippen LogP contribution in [-0.4, -0.2) is 26.4 Å². The number of aliphatic hydroxyl groups excluding tert-OH is 1. The summed E-state index contributed by atoms with van der Waals surface area (Å²) in [6, 6.07) is 13.4. The number of aliphatic hydroxyl groups is 1. The summed E-state index contributed by atoms with van der Waals surface area (Å²) in [6.45, 7) is 0. The Morgan fingerprint density at radius 3 is 2.23 bits per heavy atom. The molecule has 0 aliphatic heterocycles. The Morgan fingerprint density at radius 2 is 1.64 bits per heavy atom.